The molecule has 1 aliphatic heterocycles. The monoisotopic (exact) mass is 251 g/mol. The Morgan fingerprint density at radius 1 is 1.44 bits per heavy atom. The van der Waals surface area contributed by atoms with Crippen molar-refractivity contribution in [1.29, 1.82) is 0 Å². The van der Waals surface area contributed by atoms with Gasteiger partial charge in [0.1, 0.15) is 5.82 Å². The molecule has 1 atom stereocenters. The number of rotatable bonds is 2. The molecule has 4 nitrogen and oxygen atoms in total. The highest BCUT2D eigenvalue weighted by Crippen LogP contribution is 2.30. The molecule has 1 amide bonds. The molecule has 0 aliphatic carbocycles. The number of carboxylic acids is 1. The molecular weight excluding hydrogens is 237 g/mol. The van der Waals surface area contributed by atoms with Crippen molar-refractivity contribution in [3.63, 3.8) is 0 Å². The van der Waals surface area contributed by atoms with Crippen LogP contribution in [0, 0.1) is 11.2 Å². The Kier molecular flexibility index (Phi) is 3.07. The van der Waals surface area contributed by atoms with Gasteiger partial charge in [-0.15, -0.1) is 0 Å². The topological polar surface area (TPSA) is 57.6 Å². The molecule has 1 saturated heterocycles. The molecule has 1 aromatic rings. The number of carboxylic acid groups (broad SMARTS) is 1. The van der Waals surface area contributed by atoms with E-state index in [1.165, 1.54) is 29.2 Å². The second-order valence-corrected chi connectivity index (χ2v) is 4.85. The van der Waals surface area contributed by atoms with Crippen LogP contribution in [0.5, 0.6) is 0 Å². The predicted molar refractivity (Wildman–Crippen MR) is 62.7 cm³/mol. The average molecular weight is 251 g/mol. The van der Waals surface area contributed by atoms with Gasteiger partial charge in [0.05, 0.1) is 5.41 Å². The predicted octanol–water partition coefficient (Wildman–Crippen LogP) is 1.76. The molecule has 0 aromatic heterocycles. The van der Waals surface area contributed by atoms with E-state index in [4.69, 9.17) is 5.11 Å². The second-order valence-electron chi connectivity index (χ2n) is 4.85. The van der Waals surface area contributed by atoms with E-state index in [1.54, 1.807) is 6.92 Å². The summed E-state index contributed by atoms with van der Waals surface area (Å²) in [5.41, 5.74) is -0.646. The summed E-state index contributed by atoms with van der Waals surface area (Å²) in [6, 6.07) is 5.43. The SMILES string of the molecule is CC1(C(=O)O)CCN(C(=O)c2cccc(F)c2)C1. The third kappa shape index (κ3) is 2.20. The summed E-state index contributed by atoms with van der Waals surface area (Å²) < 4.78 is 13.0. The van der Waals surface area contributed by atoms with Gasteiger partial charge in [0.25, 0.3) is 5.91 Å². The van der Waals surface area contributed by atoms with Crippen molar-refractivity contribution >= 4 is 11.9 Å². The largest absolute Gasteiger partial charge is 0.481 e. The summed E-state index contributed by atoms with van der Waals surface area (Å²) in [5.74, 6) is -1.70. The molecule has 0 radical (unpaired) electrons. The first-order valence-electron chi connectivity index (χ1n) is 5.71. The van der Waals surface area contributed by atoms with Crippen LogP contribution in [0.4, 0.5) is 4.39 Å². The third-order valence-electron chi connectivity index (χ3n) is 3.35. The number of aliphatic carboxylic acids is 1. The van der Waals surface area contributed by atoms with Crippen molar-refractivity contribution in [3.8, 4) is 0 Å². The fourth-order valence-electron chi connectivity index (χ4n) is 2.11. The maximum absolute atomic E-state index is 13.0. The zero-order valence-corrected chi connectivity index (χ0v) is 10.0. The van der Waals surface area contributed by atoms with Crippen LogP contribution >= 0.6 is 0 Å². The third-order valence-corrected chi connectivity index (χ3v) is 3.35. The Balaban J connectivity index is 2.15. The Hall–Kier alpha value is -1.91. The Morgan fingerprint density at radius 2 is 2.17 bits per heavy atom. The standard InChI is InChI=1S/C13H14FNO3/c1-13(12(17)18)5-6-15(8-13)11(16)9-3-2-4-10(14)7-9/h2-4,7H,5-6,8H2,1H3,(H,17,18). The first-order valence-corrected chi connectivity index (χ1v) is 5.71. The van der Waals surface area contributed by atoms with E-state index in [2.05, 4.69) is 0 Å². The van der Waals surface area contributed by atoms with Gasteiger partial charge in [-0.1, -0.05) is 6.07 Å². The molecule has 96 valence electrons. The van der Waals surface area contributed by atoms with E-state index in [1.807, 2.05) is 0 Å². The van der Waals surface area contributed by atoms with Crippen LogP contribution in [0.1, 0.15) is 23.7 Å². The molecule has 1 aromatic carbocycles. The minimum absolute atomic E-state index is 0.164. The Morgan fingerprint density at radius 3 is 2.72 bits per heavy atom. The van der Waals surface area contributed by atoms with Crippen molar-refractivity contribution in [2.45, 2.75) is 13.3 Å². The molecule has 0 saturated carbocycles. The molecule has 1 heterocycles. The van der Waals surface area contributed by atoms with E-state index < -0.39 is 17.2 Å². The number of likely N-dealkylation sites (tertiary alicyclic amines) is 1. The van der Waals surface area contributed by atoms with Crippen LogP contribution in [0.25, 0.3) is 0 Å². The fourth-order valence-corrected chi connectivity index (χ4v) is 2.11. The van der Waals surface area contributed by atoms with Gasteiger partial charge in [0.15, 0.2) is 0 Å². The van der Waals surface area contributed by atoms with E-state index in [9.17, 15) is 14.0 Å². The highest BCUT2D eigenvalue weighted by Gasteiger charge is 2.42. The van der Waals surface area contributed by atoms with E-state index in [0.29, 0.717) is 13.0 Å². The van der Waals surface area contributed by atoms with Crippen molar-refractivity contribution in [2.24, 2.45) is 5.41 Å². The quantitative estimate of drug-likeness (QED) is 0.871. The highest BCUT2D eigenvalue weighted by molar-refractivity contribution is 5.95. The molecule has 0 spiro atoms. The second kappa shape index (κ2) is 4.40. The zero-order chi connectivity index (χ0) is 13.3. The van der Waals surface area contributed by atoms with Gasteiger partial charge in [-0.05, 0) is 31.5 Å². The van der Waals surface area contributed by atoms with Gasteiger partial charge in [-0.3, -0.25) is 9.59 Å². The van der Waals surface area contributed by atoms with E-state index in [-0.39, 0.29) is 18.0 Å². The van der Waals surface area contributed by atoms with Gasteiger partial charge in [-0.2, -0.15) is 0 Å². The number of carbonyl (C=O) groups is 2. The fraction of sp³-hybridized carbons (Fsp3) is 0.385. The summed E-state index contributed by atoms with van der Waals surface area (Å²) in [6.07, 6.45) is 0.420. The first-order chi connectivity index (χ1) is 8.42. The molecule has 18 heavy (non-hydrogen) atoms. The molecule has 5 heteroatoms. The molecule has 1 fully saturated rings. The lowest BCUT2D eigenvalue weighted by atomic mass is 9.90. The van der Waals surface area contributed by atoms with Gasteiger partial charge >= 0.3 is 5.97 Å². The molecule has 1 aliphatic rings. The number of benzene rings is 1. The van der Waals surface area contributed by atoms with Crippen molar-refractivity contribution in [1.82, 2.24) is 4.90 Å². The van der Waals surface area contributed by atoms with Gasteiger partial charge in [-0.25, -0.2) is 4.39 Å². The van der Waals surface area contributed by atoms with Crippen LogP contribution in [-0.2, 0) is 4.79 Å². The summed E-state index contributed by atoms with van der Waals surface area (Å²) in [4.78, 5) is 24.6. The lowest BCUT2D eigenvalue weighted by Gasteiger charge is -2.20. The lowest BCUT2D eigenvalue weighted by molar-refractivity contribution is -0.147. The normalized spacial score (nSPS) is 23.1. The van der Waals surface area contributed by atoms with Gasteiger partial charge < -0.3 is 10.0 Å². The Bertz CT molecular complexity index is 503. The van der Waals surface area contributed by atoms with Crippen LogP contribution < -0.4 is 0 Å². The Labute approximate surface area is 104 Å². The average Bonchev–Trinajstić information content (AvgIpc) is 2.72. The van der Waals surface area contributed by atoms with Crippen LogP contribution in [0.3, 0.4) is 0 Å². The van der Waals surface area contributed by atoms with E-state index in [0.717, 1.165) is 0 Å². The number of amides is 1. The maximum atomic E-state index is 13.0. The maximum Gasteiger partial charge on any atom is 0.311 e. The van der Waals surface area contributed by atoms with Crippen molar-refractivity contribution < 1.29 is 19.1 Å². The van der Waals surface area contributed by atoms with Crippen LogP contribution in [0.15, 0.2) is 24.3 Å². The molecule has 0 bridgehead atoms. The number of hydrogen-bond acceptors (Lipinski definition) is 2. The minimum atomic E-state index is -0.906. The van der Waals surface area contributed by atoms with Crippen LogP contribution in [0.2, 0.25) is 0 Å². The smallest absolute Gasteiger partial charge is 0.311 e. The molecule has 1 unspecified atom stereocenters. The number of hydrogen-bond donors (Lipinski definition) is 1. The van der Waals surface area contributed by atoms with Gasteiger partial charge in [0.2, 0.25) is 0 Å². The number of carbonyl (C=O) groups excluding carboxylic acids is 1. The summed E-state index contributed by atoms with van der Waals surface area (Å²) in [7, 11) is 0. The number of halogens is 1. The van der Waals surface area contributed by atoms with Gasteiger partial charge in [0, 0.05) is 18.7 Å². The summed E-state index contributed by atoms with van der Waals surface area (Å²) in [5, 5.41) is 9.09. The summed E-state index contributed by atoms with van der Waals surface area (Å²) >= 11 is 0. The van der Waals surface area contributed by atoms with Crippen LogP contribution in [-0.4, -0.2) is 35.0 Å². The van der Waals surface area contributed by atoms with Crippen molar-refractivity contribution in [2.75, 3.05) is 13.1 Å². The molecular formula is C13H14FNO3. The highest BCUT2D eigenvalue weighted by atomic mass is 19.1. The molecule has 2 rings (SSSR count). The minimum Gasteiger partial charge on any atom is -0.481 e. The lowest BCUT2D eigenvalue weighted by Crippen LogP contribution is -2.34. The zero-order valence-electron chi connectivity index (χ0n) is 10.0. The first kappa shape index (κ1) is 12.5. The van der Waals surface area contributed by atoms with E-state index >= 15 is 0 Å². The van der Waals surface area contributed by atoms with Crippen molar-refractivity contribution in [3.05, 3.63) is 35.6 Å². The number of nitrogens with zero attached hydrogens (tertiary/aromatic N) is 1. The summed E-state index contributed by atoms with van der Waals surface area (Å²) in [6.45, 7) is 2.17. The molecule has 1 N–H and O–H groups in total.